The van der Waals surface area contributed by atoms with Gasteiger partial charge in [0.05, 0.1) is 18.3 Å². The largest absolute Gasteiger partial charge is 1.00 e. The summed E-state index contributed by atoms with van der Waals surface area (Å²) in [4.78, 5) is 10.3. The average molecular weight is 623 g/mol. The first-order chi connectivity index (χ1) is 14.9. The van der Waals surface area contributed by atoms with Gasteiger partial charge >= 0.3 is 99.1 Å². The van der Waals surface area contributed by atoms with E-state index in [9.17, 15) is 93.0 Å². The van der Waals surface area contributed by atoms with Crippen LogP contribution in [0.1, 0.15) is 6.92 Å². The number of carbonyl (C=O) groups excluding carboxylic acids is 1. The van der Waals surface area contributed by atoms with Crippen LogP contribution in [0.4, 0.5) is 74.6 Å². The van der Waals surface area contributed by atoms with E-state index in [-0.39, 0.29) is 58.3 Å². The van der Waals surface area contributed by atoms with E-state index in [1.807, 2.05) is 0 Å². The molecule has 210 valence electrons. The van der Waals surface area contributed by atoms with Gasteiger partial charge in [-0.25, -0.2) is 8.42 Å². The van der Waals surface area contributed by atoms with E-state index >= 15 is 0 Å². The van der Waals surface area contributed by atoms with E-state index in [4.69, 9.17) is 0 Å². The summed E-state index contributed by atoms with van der Waals surface area (Å²) in [5.41, 5.74) is 0. The average Bonchev–Trinajstić information content (AvgIpc) is 2.63. The summed E-state index contributed by atoms with van der Waals surface area (Å²) in [7, 11) is -6.21. The number of aliphatic carboxylic acids is 1. The Labute approximate surface area is 230 Å². The minimum Gasteiger partial charge on any atom is -0.549 e. The van der Waals surface area contributed by atoms with Gasteiger partial charge in [-0.3, -0.25) is 0 Å². The predicted molar refractivity (Wildman–Crippen MR) is 71.9 cm³/mol. The number of halogens is 17. The summed E-state index contributed by atoms with van der Waals surface area (Å²) in [6.07, 6.45) is -7.92. The molecule has 0 spiro atoms. The number of rotatable bonds is 11. The fourth-order valence-electron chi connectivity index (χ4n) is 1.96. The van der Waals surface area contributed by atoms with Gasteiger partial charge in [-0.05, 0) is 6.92 Å². The van der Waals surface area contributed by atoms with Crippen LogP contribution in [0.15, 0.2) is 0 Å². The van der Waals surface area contributed by atoms with Crippen molar-refractivity contribution in [1.29, 1.82) is 0 Å². The second kappa shape index (κ2) is 10.4. The predicted octanol–water partition coefficient (Wildman–Crippen LogP) is 0.359. The second-order valence-electron chi connectivity index (χ2n) is 6.26. The molecular formula is C12H7F17KNO4S. The first kappa shape index (κ1) is 38.0. The van der Waals surface area contributed by atoms with Crippen molar-refractivity contribution in [2.24, 2.45) is 0 Å². The van der Waals surface area contributed by atoms with Gasteiger partial charge in [0.15, 0.2) is 0 Å². The molecule has 0 saturated heterocycles. The molecule has 0 rings (SSSR count). The van der Waals surface area contributed by atoms with Crippen molar-refractivity contribution in [2.75, 3.05) is 12.3 Å². The zero-order valence-corrected chi connectivity index (χ0v) is 20.8. The summed E-state index contributed by atoms with van der Waals surface area (Å²) in [6.45, 7) is -2.84. The zero-order valence-electron chi connectivity index (χ0n) is 16.8. The van der Waals surface area contributed by atoms with Crippen LogP contribution >= 0.6 is 0 Å². The van der Waals surface area contributed by atoms with E-state index in [0.717, 1.165) is 0 Å². The van der Waals surface area contributed by atoms with Crippen molar-refractivity contribution in [3.8, 4) is 0 Å². The molecular weight excluding hydrogens is 616 g/mol. The van der Waals surface area contributed by atoms with Gasteiger partial charge in [-0.15, -0.1) is 4.31 Å². The fourth-order valence-corrected chi connectivity index (χ4v) is 3.04. The molecule has 36 heavy (non-hydrogen) atoms. The second-order valence-corrected chi connectivity index (χ2v) is 8.45. The number of carbonyl (C=O) groups is 1. The molecule has 24 heteroatoms. The summed E-state index contributed by atoms with van der Waals surface area (Å²) in [5, 5.41) is 10.3. The third kappa shape index (κ3) is 5.44. The van der Waals surface area contributed by atoms with Crippen LogP contribution in [-0.2, 0) is 14.8 Å². The van der Waals surface area contributed by atoms with Crippen LogP contribution in [0.3, 0.4) is 0 Å². The van der Waals surface area contributed by atoms with Crippen molar-refractivity contribution in [3.05, 3.63) is 0 Å². The van der Waals surface area contributed by atoms with Crippen molar-refractivity contribution >= 4 is 16.0 Å². The van der Waals surface area contributed by atoms with Gasteiger partial charge in [0.25, 0.3) is 0 Å². The molecule has 0 aliphatic heterocycles. The zero-order chi connectivity index (χ0) is 29.1. The van der Waals surface area contributed by atoms with E-state index in [1.54, 1.807) is 0 Å². The number of carboxylic acids is 1. The Morgan fingerprint density at radius 2 is 0.917 bits per heavy atom. The maximum Gasteiger partial charge on any atom is 1.00 e. The molecule has 0 radical (unpaired) electrons. The Morgan fingerprint density at radius 3 is 1.17 bits per heavy atom. The molecule has 0 bridgehead atoms. The summed E-state index contributed by atoms with van der Waals surface area (Å²) < 4.78 is 244. The topological polar surface area (TPSA) is 77.5 Å². The Bertz CT molecular complexity index is 917. The summed E-state index contributed by atoms with van der Waals surface area (Å²) >= 11 is 0. The number of hydrogen-bond donors (Lipinski definition) is 0. The first-order valence-electron chi connectivity index (χ1n) is 7.78. The number of alkyl halides is 17. The van der Waals surface area contributed by atoms with Crippen molar-refractivity contribution < 1.29 is 144 Å². The molecule has 0 aromatic carbocycles. The van der Waals surface area contributed by atoms with Gasteiger partial charge in [-0.1, -0.05) is 0 Å². The molecule has 5 nitrogen and oxygen atoms in total. The van der Waals surface area contributed by atoms with Gasteiger partial charge in [0.1, 0.15) is 0 Å². The Hall–Kier alpha value is -0.174. The van der Waals surface area contributed by atoms with Crippen LogP contribution in [0.2, 0.25) is 0 Å². The van der Waals surface area contributed by atoms with Gasteiger partial charge in [0, 0.05) is 0 Å². The Kier molecular flexibility index (Phi) is 11.0. The Balaban J connectivity index is 0. The van der Waals surface area contributed by atoms with Crippen LogP contribution in [0.25, 0.3) is 0 Å². The maximum atomic E-state index is 14.0. The van der Waals surface area contributed by atoms with Gasteiger partial charge in [-0.2, -0.15) is 74.6 Å². The molecule has 0 aliphatic rings. The van der Waals surface area contributed by atoms with Crippen molar-refractivity contribution in [2.45, 2.75) is 54.7 Å². The molecule has 0 fully saturated rings. The van der Waals surface area contributed by atoms with Crippen LogP contribution in [0.5, 0.6) is 0 Å². The first-order valence-corrected chi connectivity index (χ1v) is 9.39. The van der Waals surface area contributed by atoms with Gasteiger partial charge in [0.2, 0.25) is 10.0 Å². The molecule has 0 aliphatic carbocycles. The molecule has 0 atom stereocenters. The SMILES string of the molecule is CCS(=O)(=O)N(CC(=O)[O-])C(F)(F)C(F)(F)C(F)(F)C(F)(F)C(F)(F)C(F)(F)C(F)(F)C(F)(F)F.[K+]. The maximum absolute atomic E-state index is 14.0. The minimum absolute atomic E-state index is 0. The molecule has 0 N–H and O–H groups in total. The van der Waals surface area contributed by atoms with Crippen LogP contribution in [-0.4, -0.2) is 78.7 Å². The quantitative estimate of drug-likeness (QED) is 0.189. The number of hydrogen-bond acceptors (Lipinski definition) is 4. The standard InChI is InChI=1S/C12H8F17NO4S.K/c1-2-35(33,34)30(3-4(31)32)12(28,29)10(23,24)8(19,20)6(15,16)5(13,14)7(17,18)9(21,22)11(25,26)27;/h2-3H2,1H3,(H,31,32);/q;+1/p-1. The summed E-state index contributed by atoms with van der Waals surface area (Å²) in [5.74, 6) is -57.1. The molecule has 0 aromatic rings. The monoisotopic (exact) mass is 623 g/mol. The van der Waals surface area contributed by atoms with E-state index in [2.05, 4.69) is 0 Å². The summed E-state index contributed by atoms with van der Waals surface area (Å²) in [6, 6.07) is -7.55. The normalized spacial score (nSPS) is 15.6. The third-order valence-electron chi connectivity index (χ3n) is 3.99. The third-order valence-corrected chi connectivity index (χ3v) is 5.75. The fraction of sp³-hybridized carbons (Fsp3) is 0.917. The Morgan fingerprint density at radius 1 is 0.639 bits per heavy atom. The smallest absolute Gasteiger partial charge is 0.549 e. The number of carboxylic acid groups (broad SMARTS) is 1. The molecule has 0 saturated carbocycles. The molecule has 0 amide bonds. The van der Waals surface area contributed by atoms with Gasteiger partial charge < -0.3 is 9.90 Å². The van der Waals surface area contributed by atoms with Crippen molar-refractivity contribution in [3.63, 3.8) is 0 Å². The molecule has 0 aromatic heterocycles. The number of sulfonamides is 1. The van der Waals surface area contributed by atoms with E-state index < -0.39 is 80.4 Å². The number of nitrogens with zero attached hydrogens (tertiary/aromatic N) is 1. The molecule has 0 unspecified atom stereocenters. The minimum atomic E-state index is -8.92. The van der Waals surface area contributed by atoms with E-state index in [1.165, 1.54) is 0 Å². The van der Waals surface area contributed by atoms with Crippen molar-refractivity contribution in [1.82, 2.24) is 4.31 Å². The van der Waals surface area contributed by atoms with Crippen LogP contribution in [0, 0.1) is 0 Å². The van der Waals surface area contributed by atoms with E-state index in [0.29, 0.717) is 0 Å². The van der Waals surface area contributed by atoms with Crippen LogP contribution < -0.4 is 56.5 Å². The molecule has 0 heterocycles.